The zero-order chi connectivity index (χ0) is 26.3. The van der Waals surface area contributed by atoms with Crippen molar-refractivity contribution in [2.45, 2.75) is 64.6 Å². The van der Waals surface area contributed by atoms with Gasteiger partial charge in [0.1, 0.15) is 18.3 Å². The lowest BCUT2D eigenvalue weighted by Gasteiger charge is -2.33. The van der Waals surface area contributed by atoms with Gasteiger partial charge in [0.2, 0.25) is 21.8 Å². The van der Waals surface area contributed by atoms with Crippen LogP contribution in [0.4, 0.5) is 5.69 Å². The molecule has 0 bridgehead atoms. The Labute approximate surface area is 214 Å². The number of hydrogen-bond donors (Lipinski definition) is 1. The van der Waals surface area contributed by atoms with Crippen LogP contribution < -0.4 is 14.4 Å². The molecule has 0 saturated heterocycles. The van der Waals surface area contributed by atoms with Crippen molar-refractivity contribution in [3.8, 4) is 5.75 Å². The van der Waals surface area contributed by atoms with Crippen LogP contribution in [-0.4, -0.2) is 57.1 Å². The summed E-state index contributed by atoms with van der Waals surface area (Å²) in [5.41, 5.74) is 2.26. The van der Waals surface area contributed by atoms with Gasteiger partial charge in [-0.1, -0.05) is 49.1 Å². The first-order chi connectivity index (χ1) is 17.1. The molecular formula is C27H37N3O5S. The fraction of sp³-hybridized carbons (Fsp3) is 0.481. The number of nitrogens with one attached hydrogen (secondary N) is 1. The number of ether oxygens (including phenoxy) is 1. The van der Waals surface area contributed by atoms with Gasteiger partial charge in [-0.15, -0.1) is 0 Å². The summed E-state index contributed by atoms with van der Waals surface area (Å²) in [6.07, 6.45) is 6.27. The van der Waals surface area contributed by atoms with Gasteiger partial charge in [-0.25, -0.2) is 8.42 Å². The van der Waals surface area contributed by atoms with E-state index in [1.807, 2.05) is 31.2 Å². The Hall–Kier alpha value is -3.07. The highest BCUT2D eigenvalue weighted by Gasteiger charge is 2.31. The normalized spacial score (nSPS) is 15.1. The first-order valence-electron chi connectivity index (χ1n) is 12.4. The average molecular weight is 516 g/mol. The number of hydrogen-bond acceptors (Lipinski definition) is 5. The third kappa shape index (κ3) is 7.46. The lowest BCUT2D eigenvalue weighted by atomic mass is 9.95. The molecule has 0 heterocycles. The van der Waals surface area contributed by atoms with E-state index in [0.29, 0.717) is 11.4 Å². The third-order valence-electron chi connectivity index (χ3n) is 6.59. The molecule has 0 radical (unpaired) electrons. The molecular weight excluding hydrogens is 478 g/mol. The van der Waals surface area contributed by atoms with Crippen molar-refractivity contribution in [1.29, 1.82) is 0 Å². The summed E-state index contributed by atoms with van der Waals surface area (Å²) < 4.78 is 31.5. The molecule has 1 aliphatic carbocycles. The van der Waals surface area contributed by atoms with Crippen LogP contribution in [0.2, 0.25) is 0 Å². The minimum atomic E-state index is -3.77. The Balaban J connectivity index is 1.86. The van der Waals surface area contributed by atoms with Gasteiger partial charge in [-0.3, -0.25) is 13.9 Å². The molecule has 0 unspecified atom stereocenters. The van der Waals surface area contributed by atoms with Gasteiger partial charge >= 0.3 is 0 Å². The van der Waals surface area contributed by atoms with Crippen molar-refractivity contribution in [2.75, 3.05) is 24.2 Å². The number of carbonyl (C=O) groups is 2. The molecule has 36 heavy (non-hydrogen) atoms. The number of nitrogens with zero attached hydrogens (tertiary/aromatic N) is 2. The van der Waals surface area contributed by atoms with Crippen molar-refractivity contribution < 1.29 is 22.7 Å². The maximum atomic E-state index is 13.6. The van der Waals surface area contributed by atoms with Crippen molar-refractivity contribution >= 4 is 27.5 Å². The summed E-state index contributed by atoms with van der Waals surface area (Å²) >= 11 is 0. The van der Waals surface area contributed by atoms with E-state index in [0.717, 1.165) is 47.4 Å². The first kappa shape index (κ1) is 27.5. The Morgan fingerprint density at radius 2 is 1.75 bits per heavy atom. The topological polar surface area (TPSA) is 96.0 Å². The molecule has 1 saturated carbocycles. The number of aryl methyl sites for hydroxylation is 1. The lowest BCUT2D eigenvalue weighted by Crippen LogP contribution is -2.52. The molecule has 2 amide bonds. The van der Waals surface area contributed by atoms with E-state index >= 15 is 0 Å². The Bertz CT molecular complexity index is 1140. The van der Waals surface area contributed by atoms with Crippen LogP contribution in [0, 0.1) is 6.92 Å². The van der Waals surface area contributed by atoms with E-state index in [2.05, 4.69) is 5.32 Å². The van der Waals surface area contributed by atoms with Crippen LogP contribution in [0.3, 0.4) is 0 Å². The third-order valence-corrected chi connectivity index (χ3v) is 7.73. The molecule has 2 aromatic rings. The van der Waals surface area contributed by atoms with E-state index in [1.165, 1.54) is 18.4 Å². The highest BCUT2D eigenvalue weighted by atomic mass is 32.2. The summed E-state index contributed by atoms with van der Waals surface area (Å²) in [7, 11) is -2.25. The van der Waals surface area contributed by atoms with Crippen molar-refractivity contribution in [1.82, 2.24) is 10.2 Å². The van der Waals surface area contributed by atoms with Gasteiger partial charge in [0.15, 0.2) is 0 Å². The van der Waals surface area contributed by atoms with Crippen LogP contribution in [0.25, 0.3) is 0 Å². The molecule has 2 aromatic carbocycles. The second kappa shape index (κ2) is 12.3. The number of rotatable bonds is 10. The number of amides is 2. The zero-order valence-electron chi connectivity index (χ0n) is 21.6. The number of carbonyl (C=O) groups excluding carboxylic acids is 2. The molecule has 1 fully saturated rings. The maximum absolute atomic E-state index is 13.6. The second-order valence-electron chi connectivity index (χ2n) is 9.50. The van der Waals surface area contributed by atoms with Gasteiger partial charge in [0, 0.05) is 12.6 Å². The van der Waals surface area contributed by atoms with Crippen LogP contribution >= 0.6 is 0 Å². The number of sulfonamides is 1. The number of anilines is 1. The highest BCUT2D eigenvalue weighted by molar-refractivity contribution is 7.92. The summed E-state index contributed by atoms with van der Waals surface area (Å²) in [6, 6.07) is 13.5. The SMILES string of the molecule is COc1ccc(N(CC(=O)N(Cc2cccc(C)c2)[C@H](C)C(=O)NC2CCCCC2)S(C)(=O)=O)cc1. The fourth-order valence-corrected chi connectivity index (χ4v) is 5.37. The molecule has 0 spiro atoms. The van der Waals surface area contributed by atoms with Gasteiger partial charge in [-0.05, 0) is 56.5 Å². The fourth-order valence-electron chi connectivity index (χ4n) is 4.52. The number of benzene rings is 2. The van der Waals surface area contributed by atoms with Crippen LogP contribution in [-0.2, 0) is 26.2 Å². The molecule has 1 atom stereocenters. The van der Waals surface area contributed by atoms with Gasteiger partial charge in [0.25, 0.3) is 0 Å². The van der Waals surface area contributed by atoms with Gasteiger partial charge < -0.3 is 15.0 Å². The standard InChI is InChI=1S/C27H37N3O5S/c1-20-9-8-10-22(17-20)18-29(21(2)27(32)28-23-11-6-5-7-12-23)26(31)19-30(36(4,33)34)24-13-15-25(35-3)16-14-24/h8-10,13-17,21,23H,5-7,11-12,18-19H2,1-4H3,(H,28,32)/t21-/m1/s1. The highest BCUT2D eigenvalue weighted by Crippen LogP contribution is 2.23. The zero-order valence-corrected chi connectivity index (χ0v) is 22.4. The summed E-state index contributed by atoms with van der Waals surface area (Å²) in [6.45, 7) is 3.44. The molecule has 0 aromatic heterocycles. The Kier molecular flexibility index (Phi) is 9.37. The molecule has 3 rings (SSSR count). The summed E-state index contributed by atoms with van der Waals surface area (Å²) in [4.78, 5) is 28.3. The molecule has 1 N–H and O–H groups in total. The van der Waals surface area contributed by atoms with Gasteiger partial charge in [-0.2, -0.15) is 0 Å². The molecule has 8 nitrogen and oxygen atoms in total. The Morgan fingerprint density at radius 3 is 2.33 bits per heavy atom. The van der Waals surface area contributed by atoms with Crippen LogP contribution in [0.1, 0.15) is 50.2 Å². The maximum Gasteiger partial charge on any atom is 0.244 e. The van der Waals surface area contributed by atoms with Crippen molar-refractivity contribution in [3.05, 3.63) is 59.7 Å². The largest absolute Gasteiger partial charge is 0.497 e. The molecule has 196 valence electrons. The smallest absolute Gasteiger partial charge is 0.244 e. The van der Waals surface area contributed by atoms with Crippen molar-refractivity contribution in [2.24, 2.45) is 0 Å². The van der Waals surface area contributed by atoms with Crippen molar-refractivity contribution in [3.63, 3.8) is 0 Å². The first-order valence-corrected chi connectivity index (χ1v) is 14.2. The predicted octanol–water partition coefficient (Wildman–Crippen LogP) is 3.64. The lowest BCUT2D eigenvalue weighted by molar-refractivity contribution is -0.139. The van der Waals surface area contributed by atoms with Gasteiger partial charge in [0.05, 0.1) is 19.1 Å². The minimum absolute atomic E-state index is 0.108. The molecule has 0 aliphatic heterocycles. The number of methoxy groups -OCH3 is 1. The van der Waals surface area contributed by atoms with E-state index < -0.39 is 28.5 Å². The summed E-state index contributed by atoms with van der Waals surface area (Å²) in [5.74, 6) is -0.102. The summed E-state index contributed by atoms with van der Waals surface area (Å²) in [5, 5.41) is 3.10. The Morgan fingerprint density at radius 1 is 1.08 bits per heavy atom. The van der Waals surface area contributed by atoms with Crippen LogP contribution in [0.15, 0.2) is 48.5 Å². The van der Waals surface area contributed by atoms with E-state index in [-0.39, 0.29) is 18.5 Å². The monoisotopic (exact) mass is 515 g/mol. The van der Waals surface area contributed by atoms with Crippen LogP contribution in [0.5, 0.6) is 5.75 Å². The average Bonchev–Trinajstić information content (AvgIpc) is 2.85. The quantitative estimate of drug-likeness (QED) is 0.521. The predicted molar refractivity (Wildman–Crippen MR) is 141 cm³/mol. The minimum Gasteiger partial charge on any atom is -0.497 e. The van der Waals surface area contributed by atoms with E-state index in [1.54, 1.807) is 31.2 Å². The van der Waals surface area contributed by atoms with E-state index in [9.17, 15) is 18.0 Å². The second-order valence-corrected chi connectivity index (χ2v) is 11.4. The van der Waals surface area contributed by atoms with E-state index in [4.69, 9.17) is 4.74 Å². The molecule has 1 aliphatic rings. The molecule has 9 heteroatoms.